The summed E-state index contributed by atoms with van der Waals surface area (Å²) in [5, 5.41) is 0.0409. The van der Waals surface area contributed by atoms with Crippen molar-refractivity contribution in [3.63, 3.8) is 0 Å². The van der Waals surface area contributed by atoms with Crippen molar-refractivity contribution >= 4 is 26.1 Å². The van der Waals surface area contributed by atoms with E-state index in [1.54, 1.807) is 6.26 Å². The van der Waals surface area contributed by atoms with Crippen molar-refractivity contribution in [1.29, 1.82) is 0 Å². The number of hydrogen-bond donors (Lipinski definition) is 0. The Morgan fingerprint density at radius 1 is 1.21 bits per heavy atom. The van der Waals surface area contributed by atoms with Gasteiger partial charge in [0.1, 0.15) is 12.0 Å². The summed E-state index contributed by atoms with van der Waals surface area (Å²) in [6.45, 7) is 17.1. The van der Waals surface area contributed by atoms with Gasteiger partial charge in [0.15, 0.2) is 20.0 Å². The minimum atomic E-state index is -2.10. The fraction of sp³-hybridized carbons (Fsp3) is 0.500. The van der Waals surface area contributed by atoms with Crippen LogP contribution in [0.2, 0.25) is 18.1 Å². The number of carbonyl (C=O) groups excluding carboxylic acids is 1. The average Bonchev–Trinajstić information content (AvgIpc) is 3.24. The first-order valence-electron chi connectivity index (χ1n) is 12.2. The van der Waals surface area contributed by atoms with Crippen LogP contribution in [0.3, 0.4) is 0 Å². The molecule has 2 aromatic rings. The summed E-state index contributed by atoms with van der Waals surface area (Å²) in [7, 11) is -2.10. The highest BCUT2D eigenvalue weighted by Gasteiger charge is 2.45. The van der Waals surface area contributed by atoms with E-state index < -0.39 is 8.32 Å². The molecule has 0 spiro atoms. The van der Waals surface area contributed by atoms with Gasteiger partial charge in [-0.25, -0.2) is 4.98 Å². The van der Waals surface area contributed by atoms with Crippen molar-refractivity contribution in [2.75, 3.05) is 0 Å². The molecule has 1 aliphatic heterocycles. The second-order valence-electron chi connectivity index (χ2n) is 10.7. The highest BCUT2D eigenvalue weighted by molar-refractivity contribution is 6.74. The number of oxazole rings is 1. The molecule has 2 atom stereocenters. The van der Waals surface area contributed by atoms with Gasteiger partial charge in [-0.2, -0.15) is 0 Å². The second-order valence-corrected chi connectivity index (χ2v) is 15.5. The van der Waals surface area contributed by atoms with E-state index in [0.717, 1.165) is 12.0 Å². The Morgan fingerprint density at radius 3 is 2.50 bits per heavy atom. The fourth-order valence-corrected chi connectivity index (χ4v) is 5.13. The summed E-state index contributed by atoms with van der Waals surface area (Å²) in [6, 6.07) is 10.3. The van der Waals surface area contributed by atoms with Crippen LogP contribution in [0, 0.1) is 5.92 Å². The predicted octanol–water partition coefficient (Wildman–Crippen LogP) is 7.42. The predicted molar refractivity (Wildman–Crippen MR) is 139 cm³/mol. The van der Waals surface area contributed by atoms with E-state index in [2.05, 4.69) is 70.9 Å². The number of esters is 1. The van der Waals surface area contributed by atoms with Crippen LogP contribution in [0.25, 0.3) is 11.8 Å². The third kappa shape index (κ3) is 5.97. The van der Waals surface area contributed by atoms with Gasteiger partial charge in [0.2, 0.25) is 0 Å². The van der Waals surface area contributed by atoms with Crippen LogP contribution in [-0.2, 0) is 20.4 Å². The van der Waals surface area contributed by atoms with Gasteiger partial charge < -0.3 is 13.6 Å². The highest BCUT2D eigenvalue weighted by Crippen LogP contribution is 2.42. The van der Waals surface area contributed by atoms with E-state index in [4.69, 9.17) is 13.6 Å². The minimum Gasteiger partial charge on any atom is -0.448 e. The third-order valence-electron chi connectivity index (χ3n) is 7.00. The minimum absolute atomic E-state index is 0.0409. The average molecular weight is 482 g/mol. The Labute approximate surface area is 205 Å². The normalized spacial score (nSPS) is 20.0. The molecule has 1 aliphatic rings. The molecule has 34 heavy (non-hydrogen) atoms. The number of aryl methyl sites for hydroxylation is 1. The molecule has 1 aromatic heterocycles. The summed E-state index contributed by atoms with van der Waals surface area (Å²) < 4.78 is 18.3. The maximum atomic E-state index is 12.8. The number of ether oxygens (including phenoxy) is 1. The van der Waals surface area contributed by atoms with Gasteiger partial charge in [-0.1, -0.05) is 69.7 Å². The lowest BCUT2D eigenvalue weighted by Crippen LogP contribution is -2.48. The monoisotopic (exact) mass is 481 g/mol. The van der Waals surface area contributed by atoms with Crippen LogP contribution in [0.4, 0.5) is 0 Å². The van der Waals surface area contributed by atoms with E-state index in [1.165, 1.54) is 11.1 Å². The molecule has 0 N–H and O–H groups in total. The van der Waals surface area contributed by atoms with Crippen molar-refractivity contribution in [3.05, 3.63) is 64.9 Å². The molecule has 0 saturated carbocycles. The van der Waals surface area contributed by atoms with E-state index >= 15 is 0 Å². The number of benzene rings is 1. The Morgan fingerprint density at radius 2 is 1.88 bits per heavy atom. The lowest BCUT2D eigenvalue weighted by molar-refractivity contribution is -0.145. The maximum Gasteiger partial charge on any atom is 0.317 e. The van der Waals surface area contributed by atoms with E-state index in [0.29, 0.717) is 30.2 Å². The highest BCUT2D eigenvalue weighted by atomic mass is 28.4. The lowest BCUT2D eigenvalue weighted by Gasteiger charge is -2.42. The summed E-state index contributed by atoms with van der Waals surface area (Å²) in [4.78, 5) is 17.5. The second kappa shape index (κ2) is 10.4. The lowest BCUT2D eigenvalue weighted by atomic mass is 9.91. The van der Waals surface area contributed by atoms with Crippen LogP contribution in [-0.4, -0.2) is 25.4 Å². The number of hydrogen-bond acceptors (Lipinski definition) is 5. The molecule has 0 bridgehead atoms. The molecule has 0 saturated heterocycles. The van der Waals surface area contributed by atoms with Gasteiger partial charge >= 0.3 is 5.97 Å². The molecule has 0 fully saturated rings. The van der Waals surface area contributed by atoms with Crippen molar-refractivity contribution in [3.8, 4) is 0 Å². The van der Waals surface area contributed by atoms with Gasteiger partial charge in [-0.15, -0.1) is 0 Å². The summed E-state index contributed by atoms with van der Waals surface area (Å²) in [5.41, 5.74) is 3.99. The van der Waals surface area contributed by atoms with Crippen LogP contribution >= 0.6 is 0 Å². The van der Waals surface area contributed by atoms with Gasteiger partial charge in [0, 0.05) is 12.0 Å². The quantitative estimate of drug-likeness (QED) is 0.290. The molecule has 0 amide bonds. The van der Waals surface area contributed by atoms with Crippen LogP contribution in [0.15, 0.2) is 52.2 Å². The van der Waals surface area contributed by atoms with Crippen molar-refractivity contribution in [2.45, 2.75) is 85.0 Å². The molecule has 0 radical (unpaired) electrons. The smallest absolute Gasteiger partial charge is 0.317 e. The number of aromatic nitrogens is 1. The molecule has 3 rings (SSSR count). The molecule has 2 unspecified atom stereocenters. The summed E-state index contributed by atoms with van der Waals surface area (Å²) in [6.07, 6.45) is 5.70. The van der Waals surface area contributed by atoms with Gasteiger partial charge in [-0.3, -0.25) is 4.79 Å². The van der Waals surface area contributed by atoms with Crippen LogP contribution < -0.4 is 0 Å². The Kier molecular flexibility index (Phi) is 8.04. The standard InChI is InChI=1S/C28H39NO4Si/c1-9-22-25(33-34(7,8)28(4,5)6)20(3)27(30)32-26(22)23-18-31-24(29-23)16-15-19(2)17-21-13-11-10-12-14-21/h10-14,17-18,20,25H,9,15-16H2,1-8H3/b19-17+. The fourth-order valence-electron chi connectivity index (χ4n) is 3.80. The van der Waals surface area contributed by atoms with Crippen LogP contribution in [0.1, 0.15) is 71.5 Å². The first kappa shape index (κ1) is 26.2. The van der Waals surface area contributed by atoms with Crippen molar-refractivity contribution < 1.29 is 18.4 Å². The maximum absolute atomic E-state index is 12.8. The van der Waals surface area contributed by atoms with Gasteiger partial charge in [0.25, 0.3) is 0 Å². The first-order valence-corrected chi connectivity index (χ1v) is 15.1. The molecular weight excluding hydrogens is 442 g/mol. The SMILES string of the molecule is CCC1=C(c2coc(CC/C(C)=C/c3ccccc3)n2)OC(=O)C(C)C1O[Si](C)(C)C(C)(C)C. The Balaban J connectivity index is 1.82. The first-order chi connectivity index (χ1) is 15.9. The summed E-state index contributed by atoms with van der Waals surface area (Å²) >= 11 is 0. The molecule has 6 heteroatoms. The molecule has 184 valence electrons. The molecule has 5 nitrogen and oxygen atoms in total. The number of nitrogens with zero attached hydrogens (tertiary/aromatic N) is 1. The van der Waals surface area contributed by atoms with E-state index in [1.807, 2.05) is 25.1 Å². The largest absolute Gasteiger partial charge is 0.448 e. The molecule has 2 heterocycles. The van der Waals surface area contributed by atoms with E-state index in [9.17, 15) is 4.79 Å². The van der Waals surface area contributed by atoms with Crippen molar-refractivity contribution in [1.82, 2.24) is 4.98 Å². The molecular formula is C28H39NO4Si. The summed E-state index contributed by atoms with van der Waals surface area (Å²) in [5.74, 6) is 0.503. The number of rotatable bonds is 8. The molecule has 0 aliphatic carbocycles. The van der Waals surface area contributed by atoms with Gasteiger partial charge in [0.05, 0.1) is 12.0 Å². The number of cyclic esters (lactones) is 1. The zero-order valence-electron chi connectivity index (χ0n) is 21.9. The van der Waals surface area contributed by atoms with Crippen LogP contribution in [0.5, 0.6) is 0 Å². The zero-order chi connectivity index (χ0) is 25.1. The molecule has 1 aromatic carbocycles. The Bertz CT molecular complexity index is 1060. The third-order valence-corrected chi connectivity index (χ3v) is 11.5. The Hall–Kier alpha value is -2.44. The van der Waals surface area contributed by atoms with Crippen molar-refractivity contribution in [2.24, 2.45) is 5.92 Å². The van der Waals surface area contributed by atoms with E-state index in [-0.39, 0.29) is 23.0 Å². The number of allylic oxidation sites excluding steroid dienone is 1. The zero-order valence-corrected chi connectivity index (χ0v) is 22.9. The van der Waals surface area contributed by atoms with Gasteiger partial charge in [-0.05, 0) is 50.4 Å². The number of carbonyl (C=O) groups is 1. The topological polar surface area (TPSA) is 61.6 Å².